The van der Waals surface area contributed by atoms with Crippen LogP contribution in [0.5, 0.6) is 0 Å². The molecule has 0 spiro atoms. The molecule has 1 amide bonds. The van der Waals surface area contributed by atoms with E-state index in [1.807, 2.05) is 29.8 Å². The molecule has 5 rings (SSSR count). The van der Waals surface area contributed by atoms with E-state index in [4.69, 9.17) is 0 Å². The van der Waals surface area contributed by atoms with Crippen LogP contribution in [-0.4, -0.2) is 32.2 Å². The van der Waals surface area contributed by atoms with Crippen molar-refractivity contribution < 1.29 is 4.79 Å². The molecule has 1 aromatic carbocycles. The highest BCUT2D eigenvalue weighted by molar-refractivity contribution is 6.03. The van der Waals surface area contributed by atoms with Crippen molar-refractivity contribution in [3.05, 3.63) is 65.5 Å². The largest absolute Gasteiger partial charge is 0.383 e. The Labute approximate surface area is 182 Å². The van der Waals surface area contributed by atoms with Crippen molar-refractivity contribution in [2.75, 3.05) is 17.2 Å². The van der Waals surface area contributed by atoms with Crippen molar-refractivity contribution in [1.82, 2.24) is 19.7 Å². The first-order valence-electron chi connectivity index (χ1n) is 10.8. The van der Waals surface area contributed by atoms with Gasteiger partial charge in [0.05, 0.1) is 16.8 Å². The molecule has 0 saturated heterocycles. The lowest BCUT2D eigenvalue weighted by atomic mass is 9.58. The van der Waals surface area contributed by atoms with Crippen molar-refractivity contribution in [1.29, 1.82) is 0 Å². The molecule has 1 aliphatic heterocycles. The zero-order valence-electron chi connectivity index (χ0n) is 18.4. The van der Waals surface area contributed by atoms with Gasteiger partial charge in [-0.1, -0.05) is 32.9 Å². The third kappa shape index (κ3) is 3.19. The average molecular weight is 417 g/mol. The SMILES string of the molecule is Cn1cnnc1[C@]1(c2cccc(NC(=O)c3ccc4c(n3)C(C)(C)CN4)c2)C[C@H](C)C1. The normalized spacial score (nSPS) is 23.5. The van der Waals surface area contributed by atoms with Crippen molar-refractivity contribution in [3.63, 3.8) is 0 Å². The minimum absolute atomic E-state index is 0.0884. The Balaban J connectivity index is 1.43. The van der Waals surface area contributed by atoms with E-state index in [9.17, 15) is 4.79 Å². The Morgan fingerprint density at radius 2 is 2.03 bits per heavy atom. The highest BCUT2D eigenvalue weighted by Gasteiger charge is 2.48. The number of fused-ring (bicyclic) bond motifs is 1. The maximum atomic E-state index is 13.0. The summed E-state index contributed by atoms with van der Waals surface area (Å²) >= 11 is 0. The van der Waals surface area contributed by atoms with Crippen LogP contribution in [0.4, 0.5) is 11.4 Å². The van der Waals surface area contributed by atoms with E-state index in [-0.39, 0.29) is 16.7 Å². The molecule has 0 unspecified atom stereocenters. The summed E-state index contributed by atoms with van der Waals surface area (Å²) in [7, 11) is 1.99. The van der Waals surface area contributed by atoms with Gasteiger partial charge in [-0.2, -0.15) is 0 Å². The van der Waals surface area contributed by atoms with Gasteiger partial charge in [0.2, 0.25) is 0 Å². The molecule has 2 aromatic heterocycles. The Hall–Kier alpha value is -3.22. The van der Waals surface area contributed by atoms with E-state index in [0.29, 0.717) is 11.6 Å². The molecule has 0 radical (unpaired) electrons. The summed E-state index contributed by atoms with van der Waals surface area (Å²) in [4.78, 5) is 17.7. The maximum Gasteiger partial charge on any atom is 0.274 e. The van der Waals surface area contributed by atoms with E-state index in [1.165, 1.54) is 0 Å². The van der Waals surface area contributed by atoms with Crippen LogP contribution < -0.4 is 10.6 Å². The summed E-state index contributed by atoms with van der Waals surface area (Å²) in [5.41, 5.74) is 4.06. The van der Waals surface area contributed by atoms with Crippen molar-refractivity contribution in [2.24, 2.45) is 13.0 Å². The number of aromatic nitrogens is 4. The Morgan fingerprint density at radius 1 is 1.23 bits per heavy atom. The highest BCUT2D eigenvalue weighted by Crippen LogP contribution is 2.51. The van der Waals surface area contributed by atoms with E-state index < -0.39 is 0 Å². The molecule has 2 N–H and O–H groups in total. The van der Waals surface area contributed by atoms with Gasteiger partial charge in [-0.15, -0.1) is 10.2 Å². The van der Waals surface area contributed by atoms with Gasteiger partial charge in [-0.05, 0) is 48.6 Å². The predicted octanol–water partition coefficient (Wildman–Crippen LogP) is 3.88. The molecule has 2 aliphatic rings. The fourth-order valence-corrected chi connectivity index (χ4v) is 5.13. The lowest BCUT2D eigenvalue weighted by Gasteiger charge is -2.46. The van der Waals surface area contributed by atoms with Gasteiger partial charge in [0.25, 0.3) is 5.91 Å². The Bertz CT molecular complexity index is 1160. The number of benzene rings is 1. The minimum Gasteiger partial charge on any atom is -0.383 e. The summed E-state index contributed by atoms with van der Waals surface area (Å²) in [6.45, 7) is 7.35. The predicted molar refractivity (Wildman–Crippen MR) is 120 cm³/mol. The zero-order chi connectivity index (χ0) is 21.8. The highest BCUT2D eigenvalue weighted by atomic mass is 16.1. The second kappa shape index (κ2) is 6.90. The van der Waals surface area contributed by atoms with Gasteiger partial charge in [0, 0.05) is 24.7 Å². The first kappa shape index (κ1) is 19.7. The first-order valence-corrected chi connectivity index (χ1v) is 10.8. The molecule has 160 valence electrons. The monoisotopic (exact) mass is 416 g/mol. The van der Waals surface area contributed by atoms with Crippen LogP contribution in [0.1, 0.15) is 61.2 Å². The van der Waals surface area contributed by atoms with Crippen LogP contribution in [-0.2, 0) is 17.9 Å². The smallest absolute Gasteiger partial charge is 0.274 e. The van der Waals surface area contributed by atoms with E-state index in [2.05, 4.69) is 58.7 Å². The number of rotatable bonds is 4. The Morgan fingerprint density at radius 3 is 2.74 bits per heavy atom. The van der Waals surface area contributed by atoms with E-state index in [1.54, 1.807) is 12.4 Å². The molecular weight excluding hydrogens is 388 g/mol. The number of anilines is 2. The van der Waals surface area contributed by atoms with Gasteiger partial charge in [0.15, 0.2) is 0 Å². The number of carbonyl (C=O) groups excluding carboxylic acids is 1. The third-order valence-corrected chi connectivity index (χ3v) is 6.70. The molecule has 3 heterocycles. The molecular formula is C24H28N6O. The van der Waals surface area contributed by atoms with E-state index in [0.717, 1.165) is 47.8 Å². The molecule has 0 bridgehead atoms. The number of aryl methyl sites for hydroxylation is 1. The molecule has 3 aromatic rings. The van der Waals surface area contributed by atoms with Crippen LogP contribution >= 0.6 is 0 Å². The van der Waals surface area contributed by atoms with Gasteiger partial charge in [-0.3, -0.25) is 4.79 Å². The number of nitrogens with zero attached hydrogens (tertiary/aromatic N) is 4. The number of hydrogen-bond donors (Lipinski definition) is 2. The minimum atomic E-state index is -0.197. The molecule has 7 nitrogen and oxygen atoms in total. The van der Waals surface area contributed by atoms with Gasteiger partial charge >= 0.3 is 0 Å². The fourth-order valence-electron chi connectivity index (χ4n) is 5.13. The Kier molecular flexibility index (Phi) is 4.39. The molecule has 1 aliphatic carbocycles. The van der Waals surface area contributed by atoms with Crippen molar-refractivity contribution >= 4 is 17.3 Å². The van der Waals surface area contributed by atoms with Crippen LogP contribution in [0, 0.1) is 5.92 Å². The fraction of sp³-hybridized carbons (Fsp3) is 0.417. The molecule has 7 heteroatoms. The number of amides is 1. The number of nitrogens with one attached hydrogen (secondary N) is 2. The van der Waals surface area contributed by atoms with Crippen molar-refractivity contribution in [3.8, 4) is 0 Å². The summed E-state index contributed by atoms with van der Waals surface area (Å²) in [6.07, 6.45) is 3.79. The molecule has 0 atom stereocenters. The van der Waals surface area contributed by atoms with E-state index >= 15 is 0 Å². The number of carbonyl (C=O) groups is 1. The lowest BCUT2D eigenvalue weighted by molar-refractivity contribution is 0.102. The topological polar surface area (TPSA) is 84.7 Å². The first-order chi connectivity index (χ1) is 14.8. The molecule has 31 heavy (non-hydrogen) atoms. The van der Waals surface area contributed by atoms with Crippen LogP contribution in [0.2, 0.25) is 0 Å². The average Bonchev–Trinajstić information content (AvgIpc) is 3.28. The van der Waals surface area contributed by atoms with Gasteiger partial charge in [-0.25, -0.2) is 4.98 Å². The second-order valence-corrected chi connectivity index (χ2v) is 9.73. The summed E-state index contributed by atoms with van der Waals surface area (Å²) in [5.74, 6) is 1.41. The van der Waals surface area contributed by atoms with Gasteiger partial charge < -0.3 is 15.2 Å². The molecule has 1 fully saturated rings. The van der Waals surface area contributed by atoms with Crippen molar-refractivity contribution in [2.45, 2.75) is 44.4 Å². The van der Waals surface area contributed by atoms with Crippen LogP contribution in [0.3, 0.4) is 0 Å². The summed E-state index contributed by atoms with van der Waals surface area (Å²) < 4.78 is 2.00. The summed E-state index contributed by atoms with van der Waals surface area (Å²) in [6, 6.07) is 11.8. The summed E-state index contributed by atoms with van der Waals surface area (Å²) in [5, 5.41) is 14.9. The second-order valence-electron chi connectivity index (χ2n) is 9.73. The maximum absolute atomic E-state index is 13.0. The number of pyridine rings is 1. The van der Waals surface area contributed by atoms with Crippen LogP contribution in [0.15, 0.2) is 42.7 Å². The molecule has 1 saturated carbocycles. The quantitative estimate of drug-likeness (QED) is 0.674. The third-order valence-electron chi connectivity index (χ3n) is 6.70. The number of hydrogen-bond acceptors (Lipinski definition) is 5. The zero-order valence-corrected chi connectivity index (χ0v) is 18.4. The lowest BCUT2D eigenvalue weighted by Crippen LogP contribution is -2.43. The standard InChI is InChI=1S/C24H28N6O/c1-15-11-24(12-15,22-29-26-14-30(22)4)16-6-5-7-17(10-16)27-21(31)19-9-8-18-20(28-19)23(2,3)13-25-18/h5-10,14-15,25H,11-13H2,1-4H3,(H,27,31)/t15-,24+. The van der Waals surface area contributed by atoms with Gasteiger partial charge in [0.1, 0.15) is 17.8 Å². The van der Waals surface area contributed by atoms with Crippen LogP contribution in [0.25, 0.3) is 0 Å².